The standard InChI is InChI=1S/C31H31N3O4/c1-3-23(19-29(35)36)24-12-10-22(11-13-24)20-34-18-6-8-27(30(34)37)25-14-16-26(17-15-25)32-31(38)33-28-9-5-4-7-21(28)2/h4-18,23H,3,19-20H2,1-2H3,(H,35,36)(H2,32,33,38)/t23-/m1/s1. The maximum absolute atomic E-state index is 13.2. The predicted octanol–water partition coefficient (Wildman–Crippen LogP) is 6.48. The van der Waals surface area contributed by atoms with Crippen molar-refractivity contribution in [1.82, 2.24) is 4.57 Å². The molecule has 2 amide bonds. The van der Waals surface area contributed by atoms with Crippen molar-refractivity contribution in [2.45, 2.75) is 39.2 Å². The predicted molar refractivity (Wildman–Crippen MR) is 151 cm³/mol. The fourth-order valence-corrected chi connectivity index (χ4v) is 4.41. The van der Waals surface area contributed by atoms with Gasteiger partial charge in [-0.1, -0.05) is 61.5 Å². The van der Waals surface area contributed by atoms with Crippen LogP contribution in [0.15, 0.2) is 95.9 Å². The first-order chi connectivity index (χ1) is 18.3. The number of carboxylic acids is 1. The van der Waals surface area contributed by atoms with Crippen LogP contribution in [0.2, 0.25) is 0 Å². The summed E-state index contributed by atoms with van der Waals surface area (Å²) in [5, 5.41) is 14.8. The maximum Gasteiger partial charge on any atom is 0.323 e. The Bertz CT molecular complexity index is 1470. The normalized spacial score (nSPS) is 11.5. The summed E-state index contributed by atoms with van der Waals surface area (Å²) in [4.78, 5) is 36.7. The number of carbonyl (C=O) groups is 2. The average molecular weight is 510 g/mol. The first-order valence-electron chi connectivity index (χ1n) is 12.6. The second kappa shape index (κ2) is 12.1. The van der Waals surface area contributed by atoms with Crippen molar-refractivity contribution in [3.8, 4) is 11.1 Å². The summed E-state index contributed by atoms with van der Waals surface area (Å²) in [6.45, 7) is 4.31. The van der Waals surface area contributed by atoms with E-state index in [1.54, 1.807) is 29.0 Å². The summed E-state index contributed by atoms with van der Waals surface area (Å²) in [6.07, 6.45) is 2.60. The van der Waals surface area contributed by atoms with Gasteiger partial charge in [0.15, 0.2) is 0 Å². The molecule has 0 fully saturated rings. The van der Waals surface area contributed by atoms with Crippen LogP contribution in [0, 0.1) is 6.92 Å². The molecule has 0 aliphatic rings. The van der Waals surface area contributed by atoms with E-state index in [-0.39, 0.29) is 23.9 Å². The molecule has 1 aromatic heterocycles. The number of para-hydroxylation sites is 1. The molecular weight excluding hydrogens is 478 g/mol. The van der Waals surface area contributed by atoms with Gasteiger partial charge < -0.3 is 20.3 Å². The van der Waals surface area contributed by atoms with Gasteiger partial charge in [0.2, 0.25) is 0 Å². The van der Waals surface area contributed by atoms with Crippen molar-refractivity contribution < 1.29 is 14.7 Å². The molecule has 0 unspecified atom stereocenters. The van der Waals surface area contributed by atoms with Crippen LogP contribution in [-0.2, 0) is 11.3 Å². The third-order valence-corrected chi connectivity index (χ3v) is 6.59. The zero-order chi connectivity index (χ0) is 27.1. The number of urea groups is 1. The van der Waals surface area contributed by atoms with Crippen LogP contribution in [-0.4, -0.2) is 21.7 Å². The van der Waals surface area contributed by atoms with Gasteiger partial charge in [0.25, 0.3) is 5.56 Å². The Morgan fingerprint density at radius 3 is 2.26 bits per heavy atom. The number of aryl methyl sites for hydroxylation is 1. The van der Waals surface area contributed by atoms with Crippen LogP contribution in [0.5, 0.6) is 0 Å². The largest absolute Gasteiger partial charge is 0.481 e. The van der Waals surface area contributed by atoms with Crippen LogP contribution < -0.4 is 16.2 Å². The number of amides is 2. The lowest BCUT2D eigenvalue weighted by Crippen LogP contribution is -2.21. The SMILES string of the molecule is CC[C@H](CC(=O)O)c1ccc(Cn2cccc(-c3ccc(NC(=O)Nc4ccccc4C)cc3)c2=O)cc1. The second-order valence-electron chi connectivity index (χ2n) is 9.27. The highest BCUT2D eigenvalue weighted by molar-refractivity contribution is 6.00. The van der Waals surface area contributed by atoms with Crippen molar-refractivity contribution in [1.29, 1.82) is 0 Å². The molecular formula is C31H31N3O4. The number of benzene rings is 3. The number of carbonyl (C=O) groups excluding carboxylic acids is 1. The molecule has 4 rings (SSSR count). The molecule has 7 heteroatoms. The molecule has 38 heavy (non-hydrogen) atoms. The Hall–Kier alpha value is -4.65. The van der Waals surface area contributed by atoms with Crippen LogP contribution in [0.1, 0.15) is 42.4 Å². The highest BCUT2D eigenvalue weighted by Gasteiger charge is 2.14. The van der Waals surface area contributed by atoms with E-state index in [0.29, 0.717) is 17.8 Å². The minimum Gasteiger partial charge on any atom is -0.481 e. The van der Waals surface area contributed by atoms with E-state index in [4.69, 9.17) is 5.11 Å². The summed E-state index contributed by atoms with van der Waals surface area (Å²) >= 11 is 0. The van der Waals surface area contributed by atoms with Gasteiger partial charge >= 0.3 is 12.0 Å². The molecule has 194 valence electrons. The maximum atomic E-state index is 13.2. The van der Waals surface area contributed by atoms with E-state index in [1.807, 2.05) is 80.6 Å². The smallest absolute Gasteiger partial charge is 0.323 e. The molecule has 0 aliphatic heterocycles. The third-order valence-electron chi connectivity index (χ3n) is 6.59. The Morgan fingerprint density at radius 1 is 0.895 bits per heavy atom. The van der Waals surface area contributed by atoms with E-state index in [2.05, 4.69) is 10.6 Å². The molecule has 0 bridgehead atoms. The molecule has 0 radical (unpaired) electrons. The lowest BCUT2D eigenvalue weighted by Gasteiger charge is -2.14. The number of carboxylic acid groups (broad SMARTS) is 1. The zero-order valence-electron chi connectivity index (χ0n) is 21.5. The van der Waals surface area contributed by atoms with Crippen LogP contribution >= 0.6 is 0 Å². The monoisotopic (exact) mass is 509 g/mol. The highest BCUT2D eigenvalue weighted by Crippen LogP contribution is 2.24. The minimum absolute atomic E-state index is 0.0291. The van der Waals surface area contributed by atoms with Gasteiger partial charge in [-0.25, -0.2) is 4.79 Å². The van der Waals surface area contributed by atoms with Gasteiger partial charge in [0.1, 0.15) is 0 Å². The Balaban J connectivity index is 1.44. The number of nitrogens with one attached hydrogen (secondary N) is 2. The van der Waals surface area contributed by atoms with Crippen molar-refractivity contribution in [2.24, 2.45) is 0 Å². The van der Waals surface area contributed by atoms with Crippen molar-refractivity contribution in [3.63, 3.8) is 0 Å². The van der Waals surface area contributed by atoms with Crippen LogP contribution in [0.25, 0.3) is 11.1 Å². The number of aromatic nitrogens is 1. The van der Waals surface area contributed by atoms with Gasteiger partial charge in [0.05, 0.1) is 13.0 Å². The first-order valence-corrected chi connectivity index (χ1v) is 12.6. The summed E-state index contributed by atoms with van der Waals surface area (Å²) < 4.78 is 1.65. The van der Waals surface area contributed by atoms with E-state index in [0.717, 1.165) is 34.4 Å². The third kappa shape index (κ3) is 6.56. The number of hydrogen-bond donors (Lipinski definition) is 3. The Morgan fingerprint density at radius 2 is 1.61 bits per heavy atom. The van der Waals surface area contributed by atoms with E-state index >= 15 is 0 Å². The van der Waals surface area contributed by atoms with Crippen LogP contribution in [0.4, 0.5) is 16.2 Å². The summed E-state index contributed by atoms with van der Waals surface area (Å²) in [5.41, 5.74) is 5.47. The van der Waals surface area contributed by atoms with Crippen LogP contribution in [0.3, 0.4) is 0 Å². The molecule has 0 aliphatic carbocycles. The molecule has 0 saturated heterocycles. The molecule has 4 aromatic rings. The van der Waals surface area contributed by atoms with Gasteiger partial charge in [-0.2, -0.15) is 0 Å². The molecule has 3 aromatic carbocycles. The topological polar surface area (TPSA) is 100 Å². The summed E-state index contributed by atoms with van der Waals surface area (Å²) in [7, 11) is 0. The molecule has 3 N–H and O–H groups in total. The number of pyridine rings is 1. The van der Waals surface area contributed by atoms with E-state index in [9.17, 15) is 14.4 Å². The van der Waals surface area contributed by atoms with Gasteiger partial charge in [-0.3, -0.25) is 9.59 Å². The Kier molecular flexibility index (Phi) is 8.38. The minimum atomic E-state index is -0.807. The number of anilines is 2. The lowest BCUT2D eigenvalue weighted by atomic mass is 9.92. The number of aliphatic carboxylic acids is 1. The van der Waals surface area contributed by atoms with Crippen molar-refractivity contribution >= 4 is 23.4 Å². The van der Waals surface area contributed by atoms with Crippen molar-refractivity contribution in [2.75, 3.05) is 10.6 Å². The van der Waals surface area contributed by atoms with E-state index in [1.165, 1.54) is 0 Å². The van der Waals surface area contributed by atoms with Crippen molar-refractivity contribution in [3.05, 3.63) is 118 Å². The highest BCUT2D eigenvalue weighted by atomic mass is 16.4. The number of rotatable bonds is 9. The van der Waals surface area contributed by atoms with Gasteiger partial charge in [-0.05, 0) is 71.8 Å². The molecule has 1 heterocycles. The lowest BCUT2D eigenvalue weighted by molar-refractivity contribution is -0.137. The van der Waals surface area contributed by atoms with E-state index < -0.39 is 5.97 Å². The number of nitrogens with zero attached hydrogens (tertiary/aromatic N) is 1. The average Bonchev–Trinajstić information content (AvgIpc) is 2.91. The second-order valence-corrected chi connectivity index (χ2v) is 9.27. The number of hydrogen-bond acceptors (Lipinski definition) is 3. The first kappa shape index (κ1) is 26.4. The quantitative estimate of drug-likeness (QED) is 0.240. The van der Waals surface area contributed by atoms with Gasteiger partial charge in [-0.15, -0.1) is 0 Å². The zero-order valence-corrected chi connectivity index (χ0v) is 21.5. The van der Waals surface area contributed by atoms with Gasteiger partial charge in [0, 0.05) is 23.1 Å². The summed E-state index contributed by atoms with van der Waals surface area (Å²) in [5.74, 6) is -0.836. The molecule has 1 atom stereocenters. The summed E-state index contributed by atoms with van der Waals surface area (Å²) in [6, 6.07) is 25.8. The molecule has 7 nitrogen and oxygen atoms in total. The molecule has 0 spiro atoms. The molecule has 0 saturated carbocycles. The fourth-order valence-electron chi connectivity index (χ4n) is 4.41. The fraction of sp³-hybridized carbons (Fsp3) is 0.194. The Labute approximate surface area is 221 Å².